The van der Waals surface area contributed by atoms with Crippen LogP contribution in [0.25, 0.3) is 11.0 Å². The van der Waals surface area contributed by atoms with Crippen molar-refractivity contribution in [1.82, 2.24) is 29.7 Å². The Hall–Kier alpha value is -3.09. The van der Waals surface area contributed by atoms with Gasteiger partial charge in [-0.3, -0.25) is 14.4 Å². The third-order valence-corrected chi connectivity index (χ3v) is 9.57. The maximum atomic E-state index is 14.7. The fourth-order valence-corrected chi connectivity index (χ4v) is 7.82. The van der Waals surface area contributed by atoms with E-state index < -0.39 is 35.6 Å². The van der Waals surface area contributed by atoms with Gasteiger partial charge in [-0.25, -0.2) is 4.68 Å². The molecule has 4 heterocycles. The van der Waals surface area contributed by atoms with E-state index in [1.54, 1.807) is 28.8 Å². The van der Waals surface area contributed by atoms with Gasteiger partial charge in [-0.15, -0.1) is 18.3 Å². The van der Waals surface area contributed by atoms with E-state index in [-0.39, 0.29) is 48.3 Å². The van der Waals surface area contributed by atoms with Gasteiger partial charge in [0.25, 0.3) is 0 Å². The van der Waals surface area contributed by atoms with E-state index >= 15 is 0 Å². The first-order chi connectivity index (χ1) is 19.6. The topological polar surface area (TPSA) is 121 Å². The lowest BCUT2D eigenvalue weighted by Gasteiger charge is -2.40. The van der Waals surface area contributed by atoms with E-state index in [1.807, 2.05) is 38.1 Å². The Balaban J connectivity index is 1.59. The van der Waals surface area contributed by atoms with Crippen LogP contribution >= 0.6 is 15.9 Å². The molecule has 0 aliphatic carbocycles. The van der Waals surface area contributed by atoms with E-state index in [9.17, 15) is 19.5 Å². The summed E-state index contributed by atoms with van der Waals surface area (Å²) < 4.78 is 8.26. The molecule has 2 aromatic rings. The number of alkyl halides is 1. The lowest BCUT2D eigenvalue weighted by Crippen LogP contribution is -2.60. The predicted molar refractivity (Wildman–Crippen MR) is 156 cm³/mol. The molecule has 1 spiro atoms. The lowest BCUT2D eigenvalue weighted by atomic mass is 9.70. The molecular formula is C29H37BrN6O5. The summed E-state index contributed by atoms with van der Waals surface area (Å²) >= 11 is 3.71. The smallest absolute Gasteiger partial charge is 0.250 e. The monoisotopic (exact) mass is 628 g/mol. The number of ether oxygens (including phenoxy) is 1. The zero-order valence-corrected chi connectivity index (χ0v) is 25.2. The number of aliphatic hydroxyl groups excluding tert-OH is 1. The molecule has 0 saturated carbocycles. The molecule has 1 N–H and O–H groups in total. The van der Waals surface area contributed by atoms with Gasteiger partial charge >= 0.3 is 0 Å². The SMILES string of the molecule is C=CCN(C)C(=O)[C@H]1[C@@H]2OC3(CC2Br)C(C(=O)N(CC=C)Cn2nnc4ccccc42)N([C@@H](CO)C(C)C)C(=O)[C@H]13. The number of aromatic nitrogens is 3. The van der Waals surface area contributed by atoms with Crippen LogP contribution in [-0.4, -0.2) is 108 Å². The average Bonchev–Trinajstić information content (AvgIpc) is 3.66. The largest absolute Gasteiger partial charge is 0.394 e. The van der Waals surface area contributed by atoms with Crippen LogP contribution in [0.4, 0.5) is 0 Å². The van der Waals surface area contributed by atoms with Crippen LogP contribution in [0.2, 0.25) is 0 Å². The van der Waals surface area contributed by atoms with Crippen LogP contribution in [0.15, 0.2) is 49.6 Å². The minimum atomic E-state index is -1.24. The molecule has 12 heteroatoms. The number of amides is 3. The second kappa shape index (κ2) is 11.3. The van der Waals surface area contributed by atoms with E-state index in [0.717, 1.165) is 5.52 Å². The van der Waals surface area contributed by atoms with Crippen molar-refractivity contribution in [2.45, 2.75) is 55.6 Å². The number of rotatable bonds is 11. The minimum absolute atomic E-state index is 0.0711. The Morgan fingerprint density at radius 1 is 1.24 bits per heavy atom. The quantitative estimate of drug-likeness (QED) is 0.298. The minimum Gasteiger partial charge on any atom is -0.394 e. The maximum absolute atomic E-state index is 14.7. The standard InChI is InChI=1S/C29H37BrN6O5/c1-6-12-33(5)26(38)22-23-27(39)36(21(15-37)17(3)4)25(29(23)14-18(30)24(22)41-29)28(40)34(13-7-2)16-35-20-11-9-8-10-19(20)31-32-35/h6-11,17-18,21-25,37H,1-2,12-16H2,3-5H3/t18?,21-,22+,23-,24+,25?,29?/m0/s1. The number of para-hydroxylation sites is 1. The second-order valence-electron chi connectivity index (χ2n) is 11.5. The summed E-state index contributed by atoms with van der Waals surface area (Å²) in [7, 11) is 1.67. The first-order valence-electron chi connectivity index (χ1n) is 13.9. The first kappa shape index (κ1) is 29.4. The van der Waals surface area contributed by atoms with Gasteiger partial charge in [-0.05, 0) is 24.5 Å². The number of halogens is 1. The maximum Gasteiger partial charge on any atom is 0.250 e. The van der Waals surface area contributed by atoms with E-state index in [1.165, 1.54) is 9.80 Å². The zero-order valence-electron chi connectivity index (χ0n) is 23.6. The van der Waals surface area contributed by atoms with Crippen molar-refractivity contribution in [3.05, 3.63) is 49.6 Å². The summed E-state index contributed by atoms with van der Waals surface area (Å²) in [4.78, 5) is 47.1. The lowest BCUT2D eigenvalue weighted by molar-refractivity contribution is -0.153. The van der Waals surface area contributed by atoms with Gasteiger partial charge in [0.15, 0.2) is 0 Å². The highest BCUT2D eigenvalue weighted by Gasteiger charge is 2.77. The summed E-state index contributed by atoms with van der Waals surface area (Å²) in [5.41, 5.74) is 0.212. The van der Waals surface area contributed by atoms with Crippen molar-refractivity contribution in [3.8, 4) is 0 Å². The summed E-state index contributed by atoms with van der Waals surface area (Å²) in [6, 6.07) is 5.76. The molecule has 3 aliphatic heterocycles. The molecule has 7 atom stereocenters. The Morgan fingerprint density at radius 2 is 1.95 bits per heavy atom. The fraction of sp³-hybridized carbons (Fsp3) is 0.552. The predicted octanol–water partition coefficient (Wildman–Crippen LogP) is 1.81. The Labute approximate surface area is 247 Å². The molecule has 3 saturated heterocycles. The Morgan fingerprint density at radius 3 is 2.61 bits per heavy atom. The molecule has 3 unspecified atom stereocenters. The van der Waals surface area contributed by atoms with Crippen LogP contribution in [-0.2, 0) is 25.8 Å². The summed E-state index contributed by atoms with van der Waals surface area (Å²) in [6.45, 7) is 11.6. The van der Waals surface area contributed by atoms with E-state index in [4.69, 9.17) is 4.74 Å². The van der Waals surface area contributed by atoms with Crippen LogP contribution < -0.4 is 0 Å². The second-order valence-corrected chi connectivity index (χ2v) is 12.7. The molecule has 220 valence electrons. The van der Waals surface area contributed by atoms with Crippen molar-refractivity contribution in [2.24, 2.45) is 17.8 Å². The average molecular weight is 630 g/mol. The first-order valence-corrected chi connectivity index (χ1v) is 14.8. The fourth-order valence-electron chi connectivity index (χ4n) is 6.87. The molecule has 3 amide bonds. The molecular weight excluding hydrogens is 592 g/mol. The van der Waals surface area contributed by atoms with Crippen LogP contribution in [0.1, 0.15) is 20.3 Å². The van der Waals surface area contributed by atoms with Gasteiger partial charge in [0, 0.05) is 25.0 Å². The van der Waals surface area contributed by atoms with Crippen LogP contribution in [0, 0.1) is 17.8 Å². The van der Waals surface area contributed by atoms with Crippen molar-refractivity contribution in [2.75, 3.05) is 26.7 Å². The number of hydrogen-bond acceptors (Lipinski definition) is 7. The number of benzene rings is 1. The number of aliphatic hydroxyl groups is 1. The molecule has 3 fully saturated rings. The number of carbonyl (C=O) groups is 3. The number of carbonyl (C=O) groups excluding carboxylic acids is 3. The molecule has 1 aromatic heterocycles. The number of likely N-dealkylation sites (N-methyl/N-ethyl adjacent to an activating group) is 1. The van der Waals surface area contributed by atoms with Gasteiger partial charge in [-0.1, -0.05) is 59.3 Å². The third-order valence-electron chi connectivity index (χ3n) is 8.73. The molecule has 0 radical (unpaired) electrons. The summed E-state index contributed by atoms with van der Waals surface area (Å²) in [5.74, 6) is -2.71. The van der Waals surface area contributed by atoms with Crippen LogP contribution in [0.3, 0.4) is 0 Å². The summed E-state index contributed by atoms with van der Waals surface area (Å²) in [5, 5.41) is 18.9. The van der Waals surface area contributed by atoms with Gasteiger partial charge in [0.1, 0.15) is 23.8 Å². The molecule has 2 bridgehead atoms. The van der Waals surface area contributed by atoms with Gasteiger partial charge < -0.3 is 24.5 Å². The number of nitrogens with zero attached hydrogens (tertiary/aromatic N) is 6. The third kappa shape index (κ3) is 4.60. The van der Waals surface area contributed by atoms with Gasteiger partial charge in [0.2, 0.25) is 17.7 Å². The van der Waals surface area contributed by atoms with Gasteiger partial charge in [-0.2, -0.15) is 0 Å². The van der Waals surface area contributed by atoms with E-state index in [0.29, 0.717) is 18.5 Å². The zero-order chi connectivity index (χ0) is 29.6. The van der Waals surface area contributed by atoms with Crippen molar-refractivity contribution in [1.29, 1.82) is 0 Å². The molecule has 1 aromatic carbocycles. The van der Waals surface area contributed by atoms with Crippen molar-refractivity contribution >= 4 is 44.7 Å². The number of hydrogen-bond donors (Lipinski definition) is 1. The highest BCUT2D eigenvalue weighted by molar-refractivity contribution is 9.09. The summed E-state index contributed by atoms with van der Waals surface area (Å²) in [6.07, 6.45) is 3.06. The highest BCUT2D eigenvalue weighted by Crippen LogP contribution is 2.61. The Kier molecular flexibility index (Phi) is 8.10. The van der Waals surface area contributed by atoms with Gasteiger partial charge in [0.05, 0.1) is 36.1 Å². The molecule has 11 nitrogen and oxygen atoms in total. The highest BCUT2D eigenvalue weighted by atomic mass is 79.9. The molecule has 3 aliphatic rings. The van der Waals surface area contributed by atoms with E-state index in [2.05, 4.69) is 39.4 Å². The Bertz CT molecular complexity index is 1360. The van der Waals surface area contributed by atoms with Crippen LogP contribution in [0.5, 0.6) is 0 Å². The number of likely N-dealkylation sites (tertiary alicyclic amines) is 1. The molecule has 5 rings (SSSR count). The number of fused-ring (bicyclic) bond motifs is 2. The van der Waals surface area contributed by atoms with Crippen molar-refractivity contribution in [3.63, 3.8) is 0 Å². The van der Waals surface area contributed by atoms with Crippen molar-refractivity contribution < 1.29 is 24.2 Å². The normalized spacial score (nSPS) is 29.2. The molecule has 41 heavy (non-hydrogen) atoms.